The van der Waals surface area contributed by atoms with Gasteiger partial charge in [0.15, 0.2) is 0 Å². The Bertz CT molecular complexity index is 407. The van der Waals surface area contributed by atoms with Crippen LogP contribution in [0.3, 0.4) is 0 Å². The van der Waals surface area contributed by atoms with Crippen molar-refractivity contribution >= 4 is 8.07 Å². The third-order valence-corrected chi connectivity index (χ3v) is 8.79. The normalized spacial score (nSPS) is 25.8. The molecule has 0 aliphatic heterocycles. The van der Waals surface area contributed by atoms with Crippen LogP contribution in [-0.2, 0) is 0 Å². The minimum absolute atomic E-state index is 0.710. The fourth-order valence-electron chi connectivity index (χ4n) is 3.37. The summed E-state index contributed by atoms with van der Waals surface area (Å²) in [4.78, 5) is 0. The number of rotatable bonds is 2. The first-order valence-electron chi connectivity index (χ1n) is 6.15. The van der Waals surface area contributed by atoms with Crippen molar-refractivity contribution in [3.8, 4) is 0 Å². The average molecular weight is 230 g/mol. The quantitative estimate of drug-likeness (QED) is 0.594. The molecule has 0 fully saturated rings. The Morgan fingerprint density at radius 1 is 1.00 bits per heavy atom. The van der Waals surface area contributed by atoms with Gasteiger partial charge in [-0.3, -0.25) is 0 Å². The highest BCUT2D eigenvalue weighted by Gasteiger charge is 2.41. The van der Waals surface area contributed by atoms with Crippen LogP contribution >= 0.6 is 0 Å². The number of allylic oxidation sites excluding steroid dienone is 8. The number of hydrogen-bond acceptors (Lipinski definition) is 0. The molecule has 0 aromatic heterocycles. The van der Waals surface area contributed by atoms with E-state index in [1.165, 1.54) is 5.57 Å². The predicted molar refractivity (Wildman–Crippen MR) is 75.4 cm³/mol. The first-order chi connectivity index (χ1) is 7.44. The van der Waals surface area contributed by atoms with E-state index in [-0.39, 0.29) is 0 Å². The minimum Gasteiger partial charge on any atom is -0.0803 e. The molecule has 0 saturated carbocycles. The maximum absolute atomic E-state index is 2.53. The van der Waals surface area contributed by atoms with E-state index in [4.69, 9.17) is 0 Å². The summed E-state index contributed by atoms with van der Waals surface area (Å²) in [5, 5.41) is 0. The lowest BCUT2D eigenvalue weighted by Crippen LogP contribution is -2.37. The summed E-state index contributed by atoms with van der Waals surface area (Å²) in [5.41, 5.74) is 6.14. The zero-order valence-corrected chi connectivity index (χ0v) is 12.0. The summed E-state index contributed by atoms with van der Waals surface area (Å²) in [6, 6.07) is 0. The third kappa shape index (κ3) is 1.67. The molecule has 16 heavy (non-hydrogen) atoms. The first-order valence-corrected chi connectivity index (χ1v) is 9.30. The summed E-state index contributed by atoms with van der Waals surface area (Å²) in [6.45, 7) is 11.9. The lowest BCUT2D eigenvalue weighted by Gasteiger charge is -2.36. The Hall–Kier alpha value is -0.823. The number of hydrogen-bond donors (Lipinski definition) is 0. The molecule has 0 bridgehead atoms. The molecule has 1 unspecified atom stereocenters. The summed E-state index contributed by atoms with van der Waals surface area (Å²) in [6.07, 6.45) is 11.6. The topological polar surface area (TPSA) is 0 Å². The van der Waals surface area contributed by atoms with Crippen molar-refractivity contribution in [2.75, 3.05) is 0 Å². The highest BCUT2D eigenvalue weighted by molar-refractivity contribution is 6.82. The molecule has 0 saturated heterocycles. The van der Waals surface area contributed by atoms with Crippen molar-refractivity contribution in [2.24, 2.45) is 0 Å². The Morgan fingerprint density at radius 3 is 2.00 bits per heavy atom. The fraction of sp³-hybridized carbons (Fsp3) is 0.467. The van der Waals surface area contributed by atoms with Crippen LogP contribution < -0.4 is 0 Å². The van der Waals surface area contributed by atoms with Gasteiger partial charge in [-0.15, -0.1) is 0 Å². The van der Waals surface area contributed by atoms with Gasteiger partial charge in [0.1, 0.15) is 0 Å². The second-order valence-corrected chi connectivity index (χ2v) is 10.7. The second-order valence-electron chi connectivity index (χ2n) is 5.80. The van der Waals surface area contributed by atoms with E-state index in [0.29, 0.717) is 5.54 Å². The van der Waals surface area contributed by atoms with Gasteiger partial charge in [-0.25, -0.2) is 0 Å². The molecule has 0 amide bonds. The zero-order chi connectivity index (χ0) is 11.9. The smallest absolute Gasteiger partial charge is 0.0706 e. The van der Waals surface area contributed by atoms with Crippen molar-refractivity contribution in [3.05, 3.63) is 47.1 Å². The van der Waals surface area contributed by atoms with E-state index in [0.717, 1.165) is 5.54 Å². The molecule has 0 heterocycles. The van der Waals surface area contributed by atoms with Gasteiger partial charge in [-0.05, 0) is 31.9 Å². The molecular weight excluding hydrogens is 208 g/mol. The predicted octanol–water partition coefficient (Wildman–Crippen LogP) is 4.86. The SMILES string of the molecule is CC1=CC(C)=C(C)C1[Si](C)(C)C1C=CC=C1. The van der Waals surface area contributed by atoms with E-state index in [9.17, 15) is 0 Å². The van der Waals surface area contributed by atoms with Crippen LogP contribution in [0.15, 0.2) is 47.1 Å². The lowest BCUT2D eigenvalue weighted by atomic mass is 10.1. The molecule has 0 spiro atoms. The van der Waals surface area contributed by atoms with E-state index in [2.05, 4.69) is 64.2 Å². The maximum atomic E-state index is 2.53. The van der Waals surface area contributed by atoms with Gasteiger partial charge in [0, 0.05) is 0 Å². The van der Waals surface area contributed by atoms with E-state index >= 15 is 0 Å². The van der Waals surface area contributed by atoms with Gasteiger partial charge in [0.2, 0.25) is 0 Å². The monoisotopic (exact) mass is 230 g/mol. The molecule has 0 nitrogen and oxygen atoms in total. The van der Waals surface area contributed by atoms with Crippen molar-refractivity contribution in [3.63, 3.8) is 0 Å². The van der Waals surface area contributed by atoms with Gasteiger partial charge in [0.25, 0.3) is 0 Å². The Kier molecular flexibility index (Phi) is 2.83. The summed E-state index contributed by atoms with van der Waals surface area (Å²) >= 11 is 0. The molecule has 2 aliphatic rings. The van der Waals surface area contributed by atoms with Crippen molar-refractivity contribution in [1.82, 2.24) is 0 Å². The molecule has 0 radical (unpaired) electrons. The van der Waals surface area contributed by atoms with Gasteiger partial charge in [-0.1, -0.05) is 60.2 Å². The van der Waals surface area contributed by atoms with Gasteiger partial charge in [-0.2, -0.15) is 0 Å². The first kappa shape index (κ1) is 11.7. The Labute approximate surface area is 100 Å². The summed E-state index contributed by atoms with van der Waals surface area (Å²) < 4.78 is 0. The summed E-state index contributed by atoms with van der Waals surface area (Å²) in [7, 11) is -1.30. The molecule has 86 valence electrons. The minimum atomic E-state index is -1.30. The standard InChI is InChI=1S/C15H22Si/c1-11-10-12(2)15(13(11)3)16(4,5)14-8-6-7-9-14/h6-10,14-15H,1-5H3. The molecule has 0 aromatic carbocycles. The van der Waals surface area contributed by atoms with Gasteiger partial charge >= 0.3 is 0 Å². The van der Waals surface area contributed by atoms with Crippen LogP contribution in [0.5, 0.6) is 0 Å². The molecule has 0 N–H and O–H groups in total. The van der Waals surface area contributed by atoms with Crippen molar-refractivity contribution in [2.45, 2.75) is 44.9 Å². The molecule has 1 atom stereocenters. The van der Waals surface area contributed by atoms with Crippen LogP contribution in [0.4, 0.5) is 0 Å². The van der Waals surface area contributed by atoms with E-state index in [1.54, 1.807) is 11.1 Å². The largest absolute Gasteiger partial charge is 0.0803 e. The Balaban J connectivity index is 2.34. The highest BCUT2D eigenvalue weighted by Crippen LogP contribution is 2.48. The van der Waals surface area contributed by atoms with E-state index < -0.39 is 8.07 Å². The molecule has 1 heteroatoms. The van der Waals surface area contributed by atoms with E-state index in [1.807, 2.05) is 0 Å². The Morgan fingerprint density at radius 2 is 1.56 bits per heavy atom. The fourth-order valence-corrected chi connectivity index (χ4v) is 7.57. The molecule has 2 aliphatic carbocycles. The molecular formula is C15H22Si. The van der Waals surface area contributed by atoms with Crippen LogP contribution in [0.2, 0.25) is 24.2 Å². The van der Waals surface area contributed by atoms with Crippen LogP contribution in [-0.4, -0.2) is 8.07 Å². The maximum Gasteiger partial charge on any atom is 0.0706 e. The lowest BCUT2D eigenvalue weighted by molar-refractivity contribution is 1.03. The zero-order valence-electron chi connectivity index (χ0n) is 11.0. The van der Waals surface area contributed by atoms with Crippen LogP contribution in [0, 0.1) is 0 Å². The molecule has 0 aromatic rings. The highest BCUT2D eigenvalue weighted by atomic mass is 28.3. The summed E-state index contributed by atoms with van der Waals surface area (Å²) in [5.74, 6) is 0. The van der Waals surface area contributed by atoms with Crippen LogP contribution in [0.1, 0.15) is 20.8 Å². The molecule has 2 rings (SSSR count). The van der Waals surface area contributed by atoms with Gasteiger partial charge in [0.05, 0.1) is 8.07 Å². The third-order valence-electron chi connectivity index (χ3n) is 4.31. The van der Waals surface area contributed by atoms with Crippen molar-refractivity contribution in [1.29, 1.82) is 0 Å². The average Bonchev–Trinajstić information content (AvgIpc) is 2.76. The van der Waals surface area contributed by atoms with Gasteiger partial charge < -0.3 is 0 Å². The second kappa shape index (κ2) is 3.88. The van der Waals surface area contributed by atoms with Crippen molar-refractivity contribution < 1.29 is 0 Å². The van der Waals surface area contributed by atoms with Crippen LogP contribution in [0.25, 0.3) is 0 Å².